The van der Waals surface area contributed by atoms with Gasteiger partial charge in [0, 0.05) is 13.0 Å². The van der Waals surface area contributed by atoms with Crippen molar-refractivity contribution in [3.8, 4) is 0 Å². The van der Waals surface area contributed by atoms with Gasteiger partial charge >= 0.3 is 0 Å². The fraction of sp³-hybridized carbons (Fsp3) is 0.625. The molecule has 4 bridgehead atoms. The number of imidazole rings is 1. The first-order valence-electron chi connectivity index (χ1n) is 11.6. The number of carbonyl (C=O) groups is 2. The lowest BCUT2D eigenvalue weighted by Gasteiger charge is -2.56. The first-order chi connectivity index (χ1) is 14.9. The maximum atomic E-state index is 13.3. The largest absolute Gasteiger partial charge is 0.393 e. The van der Waals surface area contributed by atoms with Crippen molar-refractivity contribution in [2.45, 2.75) is 64.4 Å². The molecule has 7 nitrogen and oxygen atoms in total. The molecule has 2 heterocycles. The molecular formula is C24H32N4O3. The van der Waals surface area contributed by atoms with E-state index in [0.717, 1.165) is 17.8 Å². The molecule has 4 N–H and O–H groups in total. The van der Waals surface area contributed by atoms with Crippen LogP contribution in [0.15, 0.2) is 18.2 Å². The molecule has 7 heteroatoms. The van der Waals surface area contributed by atoms with Gasteiger partial charge in [0.25, 0.3) is 11.8 Å². The van der Waals surface area contributed by atoms with Crippen molar-refractivity contribution >= 4 is 17.5 Å². The third kappa shape index (κ3) is 3.63. The first kappa shape index (κ1) is 20.5. The van der Waals surface area contributed by atoms with Crippen molar-refractivity contribution in [2.24, 2.45) is 28.9 Å². The van der Waals surface area contributed by atoms with Crippen molar-refractivity contribution in [3.05, 3.63) is 35.3 Å². The second kappa shape index (κ2) is 7.62. The van der Waals surface area contributed by atoms with Crippen LogP contribution >= 0.6 is 0 Å². The number of aliphatic hydroxyl groups is 1. The highest BCUT2D eigenvalue weighted by Crippen LogP contribution is 2.59. The number of pyridine rings is 1. The Bertz CT molecular complexity index is 992. The van der Waals surface area contributed by atoms with E-state index >= 15 is 0 Å². The van der Waals surface area contributed by atoms with E-state index in [4.69, 9.17) is 5.73 Å². The zero-order valence-corrected chi connectivity index (χ0v) is 18.1. The van der Waals surface area contributed by atoms with E-state index in [1.54, 1.807) is 22.6 Å². The SMILES string of the molecule is CCC(O)Cc1c(C(N)=O)nc2cccc(C(=O)NCC34CC5CC(CC(C5)C3)C4)n12. The second-order valence-electron chi connectivity index (χ2n) is 10.2. The van der Waals surface area contributed by atoms with Crippen molar-refractivity contribution in [3.63, 3.8) is 0 Å². The van der Waals surface area contributed by atoms with Gasteiger partial charge in [-0.25, -0.2) is 4.98 Å². The van der Waals surface area contributed by atoms with Crippen LogP contribution in [-0.4, -0.2) is 39.0 Å². The average Bonchev–Trinajstić information content (AvgIpc) is 3.10. The van der Waals surface area contributed by atoms with E-state index in [2.05, 4.69) is 10.3 Å². The molecule has 0 aliphatic heterocycles. The van der Waals surface area contributed by atoms with Crippen LogP contribution < -0.4 is 11.1 Å². The highest BCUT2D eigenvalue weighted by atomic mass is 16.3. The summed E-state index contributed by atoms with van der Waals surface area (Å²) >= 11 is 0. The number of fused-ring (bicyclic) bond motifs is 1. The third-order valence-electron chi connectivity index (χ3n) is 7.89. The van der Waals surface area contributed by atoms with Gasteiger partial charge in [0.05, 0.1) is 11.8 Å². The van der Waals surface area contributed by atoms with Gasteiger partial charge in [-0.1, -0.05) is 13.0 Å². The van der Waals surface area contributed by atoms with E-state index in [1.807, 2.05) is 6.92 Å². The van der Waals surface area contributed by atoms with E-state index in [0.29, 0.717) is 30.0 Å². The molecule has 4 saturated carbocycles. The summed E-state index contributed by atoms with van der Waals surface area (Å²) in [7, 11) is 0. The Morgan fingerprint density at radius 3 is 2.45 bits per heavy atom. The highest BCUT2D eigenvalue weighted by molar-refractivity contribution is 5.96. The minimum atomic E-state index is -0.651. The summed E-state index contributed by atoms with van der Waals surface area (Å²) in [5.74, 6) is 1.69. The number of rotatable bonds is 7. The Hall–Kier alpha value is -2.41. The smallest absolute Gasteiger partial charge is 0.269 e. The van der Waals surface area contributed by atoms with E-state index in [-0.39, 0.29) is 23.4 Å². The molecule has 0 spiro atoms. The van der Waals surface area contributed by atoms with Gasteiger partial charge in [0.2, 0.25) is 0 Å². The number of hydrogen-bond donors (Lipinski definition) is 3. The molecule has 1 unspecified atom stereocenters. The standard InChI is InChI=1S/C24H32N4O3/c1-2-17(29)9-19-21(22(25)30)27-20-5-3-4-18(28(19)20)23(31)26-13-24-10-14-6-15(11-24)8-16(7-14)12-24/h3-5,14-17,29H,2,6-13H2,1H3,(H2,25,30)(H,26,31). The molecule has 4 aliphatic rings. The number of aromatic nitrogens is 2. The monoisotopic (exact) mass is 424 g/mol. The molecule has 0 saturated heterocycles. The zero-order chi connectivity index (χ0) is 21.8. The Morgan fingerprint density at radius 1 is 1.23 bits per heavy atom. The molecule has 1 atom stereocenters. The zero-order valence-electron chi connectivity index (χ0n) is 18.1. The molecule has 2 amide bonds. The van der Waals surface area contributed by atoms with Crippen LogP contribution in [0.3, 0.4) is 0 Å². The second-order valence-corrected chi connectivity index (χ2v) is 10.2. The van der Waals surface area contributed by atoms with Gasteiger partial charge in [-0.3, -0.25) is 14.0 Å². The fourth-order valence-electron chi connectivity index (χ4n) is 6.95. The molecule has 2 aromatic heterocycles. The summed E-state index contributed by atoms with van der Waals surface area (Å²) in [6.45, 7) is 2.58. The molecule has 0 aromatic carbocycles. The van der Waals surface area contributed by atoms with E-state index < -0.39 is 12.0 Å². The Labute approximate surface area is 182 Å². The van der Waals surface area contributed by atoms with Crippen LogP contribution in [0.5, 0.6) is 0 Å². The van der Waals surface area contributed by atoms with E-state index in [9.17, 15) is 14.7 Å². The quantitative estimate of drug-likeness (QED) is 0.635. The number of amides is 2. The number of nitrogens with zero attached hydrogens (tertiary/aromatic N) is 2. The van der Waals surface area contributed by atoms with Gasteiger partial charge in [-0.2, -0.15) is 0 Å². The normalized spacial score (nSPS) is 29.9. The topological polar surface area (TPSA) is 110 Å². The Balaban J connectivity index is 1.43. The van der Waals surface area contributed by atoms with Gasteiger partial charge in [0.1, 0.15) is 17.0 Å². The molecule has 31 heavy (non-hydrogen) atoms. The Morgan fingerprint density at radius 2 is 1.87 bits per heavy atom. The summed E-state index contributed by atoms with van der Waals surface area (Å²) in [5.41, 5.74) is 7.34. The van der Waals surface area contributed by atoms with Crippen LogP contribution in [0.1, 0.15) is 78.5 Å². The van der Waals surface area contributed by atoms with Gasteiger partial charge in [-0.15, -0.1) is 0 Å². The predicted molar refractivity (Wildman–Crippen MR) is 117 cm³/mol. The maximum Gasteiger partial charge on any atom is 0.269 e. The number of aliphatic hydroxyl groups excluding tert-OH is 1. The predicted octanol–water partition coefficient (Wildman–Crippen LogP) is 2.69. The van der Waals surface area contributed by atoms with Gasteiger partial charge in [0.15, 0.2) is 0 Å². The maximum absolute atomic E-state index is 13.3. The number of nitrogens with two attached hydrogens (primary N) is 1. The van der Waals surface area contributed by atoms with Crippen molar-refractivity contribution < 1.29 is 14.7 Å². The number of hydrogen-bond acceptors (Lipinski definition) is 4. The summed E-state index contributed by atoms with van der Waals surface area (Å²) in [5, 5.41) is 13.4. The average molecular weight is 425 g/mol. The lowest BCUT2D eigenvalue weighted by Crippen LogP contribution is -2.51. The summed E-state index contributed by atoms with van der Waals surface area (Å²) in [6, 6.07) is 5.27. The first-order valence-corrected chi connectivity index (χ1v) is 11.6. The van der Waals surface area contributed by atoms with Crippen LogP contribution in [0.25, 0.3) is 5.65 Å². The lowest BCUT2D eigenvalue weighted by molar-refractivity contribution is -0.0503. The van der Waals surface area contributed by atoms with Crippen LogP contribution in [0.4, 0.5) is 0 Å². The van der Waals surface area contributed by atoms with E-state index in [1.165, 1.54) is 38.5 Å². The van der Waals surface area contributed by atoms with Crippen LogP contribution in [0, 0.1) is 23.2 Å². The third-order valence-corrected chi connectivity index (χ3v) is 7.89. The van der Waals surface area contributed by atoms with Crippen LogP contribution in [-0.2, 0) is 6.42 Å². The minimum Gasteiger partial charge on any atom is -0.393 e. The number of nitrogens with one attached hydrogen (secondary N) is 1. The molecule has 2 aromatic rings. The van der Waals surface area contributed by atoms with Crippen molar-refractivity contribution in [1.82, 2.24) is 14.7 Å². The van der Waals surface area contributed by atoms with Crippen molar-refractivity contribution in [1.29, 1.82) is 0 Å². The number of carbonyl (C=O) groups excluding carboxylic acids is 2. The van der Waals surface area contributed by atoms with Crippen LogP contribution in [0.2, 0.25) is 0 Å². The van der Waals surface area contributed by atoms with Gasteiger partial charge < -0.3 is 16.2 Å². The molecular weight excluding hydrogens is 392 g/mol. The highest BCUT2D eigenvalue weighted by Gasteiger charge is 2.50. The summed E-state index contributed by atoms with van der Waals surface area (Å²) < 4.78 is 1.69. The Kier molecular flexibility index (Phi) is 5.04. The van der Waals surface area contributed by atoms with Crippen molar-refractivity contribution in [2.75, 3.05) is 6.54 Å². The molecule has 0 radical (unpaired) electrons. The molecule has 4 aliphatic carbocycles. The molecule has 6 rings (SSSR count). The summed E-state index contributed by atoms with van der Waals surface area (Å²) in [6.07, 6.45) is 7.93. The van der Waals surface area contributed by atoms with Gasteiger partial charge in [-0.05, 0) is 80.2 Å². The molecule has 4 fully saturated rings. The summed E-state index contributed by atoms with van der Waals surface area (Å²) in [4.78, 5) is 29.6. The number of primary amides is 1. The molecule has 166 valence electrons. The lowest BCUT2D eigenvalue weighted by atomic mass is 9.49. The fourth-order valence-corrected chi connectivity index (χ4v) is 6.95. The minimum absolute atomic E-state index is 0.119.